The molecule has 0 N–H and O–H groups in total. The van der Waals surface area contributed by atoms with Crippen molar-refractivity contribution in [3.8, 4) is 5.75 Å². The van der Waals surface area contributed by atoms with E-state index >= 15 is 0 Å². The Kier molecular flexibility index (Phi) is 6.90. The minimum atomic E-state index is -0.425. The quantitative estimate of drug-likeness (QED) is 0.487. The average molecular weight is 436 g/mol. The largest absolute Gasteiger partial charge is 0.497 e. The Labute approximate surface area is 192 Å². The summed E-state index contributed by atoms with van der Waals surface area (Å²) in [5, 5.41) is 0. The molecule has 1 saturated carbocycles. The number of nitrogens with zero attached hydrogens (tertiary/aromatic N) is 1. The molecule has 4 rings (SSSR count). The van der Waals surface area contributed by atoms with Crippen LogP contribution in [0.4, 0.5) is 0 Å². The maximum absolute atomic E-state index is 13.5. The first-order chi connectivity index (χ1) is 15.4. The van der Waals surface area contributed by atoms with Crippen LogP contribution in [0.15, 0.2) is 54.6 Å². The molecule has 2 aromatic rings. The van der Waals surface area contributed by atoms with Gasteiger partial charge in [0.1, 0.15) is 5.75 Å². The molecule has 0 spiro atoms. The van der Waals surface area contributed by atoms with Crippen molar-refractivity contribution in [2.75, 3.05) is 7.11 Å². The van der Waals surface area contributed by atoms with Crippen LogP contribution in [0.2, 0.25) is 0 Å². The van der Waals surface area contributed by atoms with E-state index in [4.69, 9.17) is 9.47 Å². The summed E-state index contributed by atoms with van der Waals surface area (Å²) in [6.45, 7) is 8.98. The minimum Gasteiger partial charge on any atom is -0.497 e. The molecule has 2 fully saturated rings. The lowest BCUT2D eigenvalue weighted by molar-refractivity contribution is -0.196. The van der Waals surface area contributed by atoms with Crippen molar-refractivity contribution in [1.82, 2.24) is 4.90 Å². The van der Waals surface area contributed by atoms with E-state index in [1.807, 2.05) is 35.2 Å². The van der Waals surface area contributed by atoms with Crippen molar-refractivity contribution in [2.24, 2.45) is 17.8 Å². The van der Waals surface area contributed by atoms with Crippen LogP contribution in [0.25, 0.3) is 0 Å². The van der Waals surface area contributed by atoms with Crippen molar-refractivity contribution >= 4 is 5.91 Å². The monoisotopic (exact) mass is 435 g/mol. The Morgan fingerprint density at radius 3 is 2.28 bits per heavy atom. The zero-order valence-corrected chi connectivity index (χ0v) is 20.0. The van der Waals surface area contributed by atoms with Gasteiger partial charge in [0.05, 0.1) is 25.3 Å². The van der Waals surface area contributed by atoms with E-state index in [9.17, 15) is 4.79 Å². The lowest BCUT2D eigenvalue weighted by Crippen LogP contribution is -2.61. The van der Waals surface area contributed by atoms with Gasteiger partial charge >= 0.3 is 0 Å². The summed E-state index contributed by atoms with van der Waals surface area (Å²) in [6.07, 6.45) is 3.19. The van der Waals surface area contributed by atoms with Gasteiger partial charge in [0, 0.05) is 0 Å². The molecule has 1 aliphatic heterocycles. The molecule has 2 aromatic carbocycles. The summed E-state index contributed by atoms with van der Waals surface area (Å²) >= 11 is 0. The van der Waals surface area contributed by atoms with Gasteiger partial charge in [0.25, 0.3) is 5.91 Å². The van der Waals surface area contributed by atoms with E-state index in [0.717, 1.165) is 23.3 Å². The van der Waals surface area contributed by atoms with Crippen molar-refractivity contribution in [3.05, 3.63) is 65.7 Å². The topological polar surface area (TPSA) is 38.8 Å². The van der Waals surface area contributed by atoms with Crippen molar-refractivity contribution in [1.29, 1.82) is 0 Å². The highest BCUT2D eigenvalue weighted by molar-refractivity contribution is 5.89. The van der Waals surface area contributed by atoms with Crippen molar-refractivity contribution in [3.63, 3.8) is 0 Å². The second kappa shape index (κ2) is 9.66. The zero-order valence-electron chi connectivity index (χ0n) is 20.0. The molecular weight excluding hydrogens is 398 g/mol. The Hall–Kier alpha value is -2.33. The van der Waals surface area contributed by atoms with E-state index < -0.39 is 6.10 Å². The molecule has 4 nitrogen and oxygen atoms in total. The normalized spacial score (nSPS) is 29.0. The Morgan fingerprint density at radius 2 is 1.66 bits per heavy atom. The molecule has 1 amide bonds. The zero-order chi connectivity index (χ0) is 22.8. The lowest BCUT2D eigenvalue weighted by Gasteiger charge is -2.52. The molecule has 1 aliphatic carbocycles. The number of carbonyl (C=O) groups excluding carboxylic acids is 1. The Bertz CT molecular complexity index is 895. The number of carbonyl (C=O) groups is 1. The molecule has 32 heavy (non-hydrogen) atoms. The second-order valence-electron chi connectivity index (χ2n) is 9.97. The number of amides is 1. The van der Waals surface area contributed by atoms with Crippen LogP contribution in [0.3, 0.4) is 0 Å². The van der Waals surface area contributed by atoms with Gasteiger partial charge in [0.2, 0.25) is 0 Å². The summed E-state index contributed by atoms with van der Waals surface area (Å²) in [6, 6.07) is 18.2. The summed E-state index contributed by atoms with van der Waals surface area (Å²) in [4.78, 5) is 15.5. The average Bonchev–Trinajstić information content (AvgIpc) is 2.81. The fourth-order valence-corrected chi connectivity index (χ4v) is 5.54. The van der Waals surface area contributed by atoms with E-state index in [0.29, 0.717) is 17.8 Å². The number of rotatable bonds is 7. The number of benzene rings is 2. The summed E-state index contributed by atoms with van der Waals surface area (Å²) in [7, 11) is 1.67. The predicted molar refractivity (Wildman–Crippen MR) is 127 cm³/mol. The van der Waals surface area contributed by atoms with Gasteiger partial charge in [0.15, 0.2) is 6.10 Å². The van der Waals surface area contributed by atoms with Crippen LogP contribution < -0.4 is 4.74 Å². The standard InChI is InChI=1S/C28H37NO3/c1-18(2)24-16-11-19(3)17-25(24)32-27-26(22-12-14-23(31-5)15-13-22)29(28(27)30)20(4)21-9-7-6-8-10-21/h6-10,12-15,18-20,24-27H,11,16-17H2,1-5H3/t19-,20+,24+,25-,26-,27+/m1/s1. The van der Waals surface area contributed by atoms with Gasteiger partial charge in [-0.2, -0.15) is 0 Å². The highest BCUT2D eigenvalue weighted by Crippen LogP contribution is 2.46. The Balaban J connectivity index is 1.62. The first-order valence-electron chi connectivity index (χ1n) is 12.1. The highest BCUT2D eigenvalue weighted by atomic mass is 16.5. The smallest absolute Gasteiger partial charge is 0.255 e. The van der Waals surface area contributed by atoms with Crippen LogP contribution in [0, 0.1) is 17.8 Å². The van der Waals surface area contributed by atoms with Gasteiger partial charge in [-0.1, -0.05) is 69.7 Å². The molecular formula is C28H37NO3. The predicted octanol–water partition coefficient (Wildman–Crippen LogP) is 6.19. The Morgan fingerprint density at radius 1 is 0.969 bits per heavy atom. The number of likely N-dealkylation sites (tertiary alicyclic amines) is 1. The van der Waals surface area contributed by atoms with Crippen LogP contribution in [0.5, 0.6) is 5.75 Å². The van der Waals surface area contributed by atoms with Gasteiger partial charge in [-0.15, -0.1) is 0 Å². The minimum absolute atomic E-state index is 0.0122. The van der Waals surface area contributed by atoms with Crippen LogP contribution in [-0.2, 0) is 9.53 Å². The molecule has 0 aromatic heterocycles. The molecule has 2 aliphatic rings. The maximum Gasteiger partial charge on any atom is 0.255 e. The maximum atomic E-state index is 13.5. The van der Waals surface area contributed by atoms with Gasteiger partial charge in [-0.25, -0.2) is 0 Å². The summed E-state index contributed by atoms with van der Waals surface area (Å²) in [5.41, 5.74) is 2.24. The molecule has 172 valence electrons. The fraction of sp³-hybridized carbons (Fsp3) is 0.536. The molecule has 0 unspecified atom stereocenters. The van der Waals surface area contributed by atoms with Crippen molar-refractivity contribution < 1.29 is 14.3 Å². The molecule has 0 bridgehead atoms. The first-order valence-corrected chi connectivity index (χ1v) is 12.1. The fourth-order valence-electron chi connectivity index (χ4n) is 5.54. The summed E-state index contributed by atoms with van der Waals surface area (Å²) in [5.74, 6) is 2.63. The van der Waals surface area contributed by atoms with E-state index in [1.54, 1.807) is 7.11 Å². The lowest BCUT2D eigenvalue weighted by atomic mass is 9.75. The van der Waals surface area contributed by atoms with Crippen LogP contribution in [0.1, 0.15) is 70.2 Å². The van der Waals surface area contributed by atoms with Gasteiger partial charge < -0.3 is 14.4 Å². The summed E-state index contributed by atoms with van der Waals surface area (Å²) < 4.78 is 12.1. The number of hydrogen-bond donors (Lipinski definition) is 0. The molecule has 1 heterocycles. The van der Waals surface area contributed by atoms with Crippen LogP contribution >= 0.6 is 0 Å². The number of methoxy groups -OCH3 is 1. The van der Waals surface area contributed by atoms with E-state index in [1.165, 1.54) is 12.8 Å². The van der Waals surface area contributed by atoms with Gasteiger partial charge in [-0.05, 0) is 60.8 Å². The molecule has 1 saturated heterocycles. The third-order valence-electron chi connectivity index (χ3n) is 7.52. The van der Waals surface area contributed by atoms with Gasteiger partial charge in [-0.3, -0.25) is 4.79 Å². The van der Waals surface area contributed by atoms with E-state index in [2.05, 4.69) is 52.0 Å². The number of ether oxygens (including phenoxy) is 2. The first kappa shape index (κ1) is 22.8. The van der Waals surface area contributed by atoms with E-state index in [-0.39, 0.29) is 24.1 Å². The molecule has 0 radical (unpaired) electrons. The van der Waals surface area contributed by atoms with Crippen molar-refractivity contribution in [2.45, 2.75) is 71.2 Å². The second-order valence-corrected chi connectivity index (χ2v) is 9.97. The highest BCUT2D eigenvalue weighted by Gasteiger charge is 2.53. The molecule has 6 atom stereocenters. The number of β-lactam (4-membered cyclic amide) rings is 1. The van der Waals surface area contributed by atoms with Crippen LogP contribution in [-0.4, -0.2) is 30.1 Å². The SMILES string of the molecule is COc1ccc([C@@H]2[C@H](O[C@@H]3C[C@H](C)CC[C@H]3C(C)C)C(=O)N2[C@@H](C)c2ccccc2)cc1. The third-order valence-corrected chi connectivity index (χ3v) is 7.52. The third kappa shape index (κ3) is 4.43. The number of hydrogen-bond acceptors (Lipinski definition) is 3. The molecule has 4 heteroatoms.